The topological polar surface area (TPSA) is 37.4 Å². The maximum Gasteiger partial charge on any atom is 0.264 e. The highest BCUT2D eigenvalue weighted by Crippen LogP contribution is 2.29. The summed E-state index contributed by atoms with van der Waals surface area (Å²) in [6.45, 7) is 6.27. The van der Waals surface area contributed by atoms with Gasteiger partial charge in [0.2, 0.25) is 0 Å². The molecular formula is C22H23NO2S. The van der Waals surface area contributed by atoms with Crippen molar-refractivity contribution in [3.05, 3.63) is 95.1 Å². The zero-order chi connectivity index (χ0) is 18.7. The Hall–Kier alpha value is -2.59. The lowest BCUT2D eigenvalue weighted by Gasteiger charge is -2.26. The van der Waals surface area contributed by atoms with Gasteiger partial charge in [0, 0.05) is 0 Å². The number of sulfonamides is 1. The molecule has 0 spiro atoms. The molecular weight excluding hydrogens is 342 g/mol. The fourth-order valence-corrected chi connectivity index (χ4v) is 4.50. The lowest BCUT2D eigenvalue weighted by Crippen LogP contribution is -2.31. The first-order valence-electron chi connectivity index (χ1n) is 8.58. The Labute approximate surface area is 156 Å². The lowest BCUT2D eigenvalue weighted by molar-refractivity contribution is 0.590. The van der Waals surface area contributed by atoms with E-state index in [1.165, 1.54) is 4.31 Å². The fraction of sp³-hybridized carbons (Fsp3) is 0.182. The number of benzene rings is 3. The molecule has 0 aliphatic rings. The van der Waals surface area contributed by atoms with Gasteiger partial charge in [-0.15, -0.1) is 0 Å². The molecule has 0 unspecified atom stereocenters. The van der Waals surface area contributed by atoms with Crippen molar-refractivity contribution < 1.29 is 8.42 Å². The van der Waals surface area contributed by atoms with E-state index in [4.69, 9.17) is 0 Å². The quantitative estimate of drug-likeness (QED) is 0.637. The summed E-state index contributed by atoms with van der Waals surface area (Å²) in [5.41, 5.74) is 4.86. The molecule has 0 aliphatic carbocycles. The van der Waals surface area contributed by atoms with Gasteiger partial charge in [-0.25, -0.2) is 8.42 Å². The summed E-state index contributed by atoms with van der Waals surface area (Å²) in [6, 6.07) is 22.4. The highest BCUT2D eigenvalue weighted by atomic mass is 32.2. The summed E-state index contributed by atoms with van der Waals surface area (Å²) in [5, 5.41) is 0. The molecule has 3 aromatic rings. The molecule has 3 aromatic carbocycles. The van der Waals surface area contributed by atoms with Gasteiger partial charge in [-0.3, -0.25) is 4.31 Å². The zero-order valence-corrected chi connectivity index (χ0v) is 16.1. The van der Waals surface area contributed by atoms with E-state index in [0.717, 1.165) is 22.3 Å². The van der Waals surface area contributed by atoms with E-state index in [0.29, 0.717) is 17.1 Å². The molecule has 0 radical (unpaired) electrons. The summed E-state index contributed by atoms with van der Waals surface area (Å²) >= 11 is 0. The second-order valence-corrected chi connectivity index (χ2v) is 8.46. The predicted octanol–water partition coefficient (Wildman–Crippen LogP) is 5.01. The van der Waals surface area contributed by atoms with Crippen LogP contribution in [-0.2, 0) is 16.6 Å². The summed E-state index contributed by atoms with van der Waals surface area (Å²) in [5.74, 6) is 0. The third-order valence-corrected chi connectivity index (χ3v) is 6.17. The Bertz CT molecular complexity index is 994. The van der Waals surface area contributed by atoms with Gasteiger partial charge in [-0.2, -0.15) is 0 Å². The fourth-order valence-electron chi connectivity index (χ4n) is 2.96. The number of rotatable bonds is 5. The van der Waals surface area contributed by atoms with Crippen molar-refractivity contribution in [3.63, 3.8) is 0 Å². The number of hydrogen-bond donors (Lipinski definition) is 0. The molecule has 0 amide bonds. The van der Waals surface area contributed by atoms with Crippen molar-refractivity contribution in [2.75, 3.05) is 4.31 Å². The third-order valence-electron chi connectivity index (χ3n) is 4.40. The Kier molecular flexibility index (Phi) is 5.14. The zero-order valence-electron chi connectivity index (χ0n) is 15.3. The highest BCUT2D eigenvalue weighted by Gasteiger charge is 2.26. The van der Waals surface area contributed by atoms with Crippen LogP contribution in [0, 0.1) is 20.8 Å². The minimum absolute atomic E-state index is 0.293. The van der Waals surface area contributed by atoms with E-state index in [-0.39, 0.29) is 0 Å². The molecule has 0 fully saturated rings. The molecule has 0 bridgehead atoms. The predicted molar refractivity (Wildman–Crippen MR) is 107 cm³/mol. The summed E-state index contributed by atoms with van der Waals surface area (Å²) < 4.78 is 28.2. The van der Waals surface area contributed by atoms with Crippen molar-refractivity contribution >= 4 is 15.7 Å². The van der Waals surface area contributed by atoms with E-state index < -0.39 is 10.0 Å². The molecule has 0 aliphatic heterocycles. The van der Waals surface area contributed by atoms with Gasteiger partial charge in [0.05, 0.1) is 17.1 Å². The minimum atomic E-state index is -3.66. The Morgan fingerprint density at radius 3 is 2.00 bits per heavy atom. The summed E-state index contributed by atoms with van der Waals surface area (Å²) in [4.78, 5) is 0.298. The van der Waals surface area contributed by atoms with Crippen LogP contribution in [-0.4, -0.2) is 8.42 Å². The van der Waals surface area contributed by atoms with E-state index in [1.54, 1.807) is 24.3 Å². The Morgan fingerprint density at radius 2 is 1.38 bits per heavy atom. The average Bonchev–Trinajstić information content (AvgIpc) is 2.62. The van der Waals surface area contributed by atoms with Crippen molar-refractivity contribution in [2.24, 2.45) is 0 Å². The van der Waals surface area contributed by atoms with Gasteiger partial charge >= 0.3 is 0 Å². The van der Waals surface area contributed by atoms with Crippen LogP contribution in [0.4, 0.5) is 5.69 Å². The number of hydrogen-bond acceptors (Lipinski definition) is 2. The Balaban J connectivity index is 2.11. The molecule has 3 nitrogen and oxygen atoms in total. The number of aryl methyl sites for hydroxylation is 3. The molecule has 0 N–H and O–H groups in total. The van der Waals surface area contributed by atoms with E-state index in [9.17, 15) is 8.42 Å². The van der Waals surface area contributed by atoms with E-state index in [1.807, 2.05) is 69.3 Å². The first kappa shape index (κ1) is 18.2. The van der Waals surface area contributed by atoms with Crippen LogP contribution in [0.25, 0.3) is 0 Å². The standard InChI is InChI=1S/C22H23NO2S/c1-17-9-12-20(13-10-17)16-23(22-14-11-18(2)15-19(22)3)26(24,25)21-7-5-4-6-8-21/h4-15H,16H2,1-3H3. The largest absolute Gasteiger partial charge is 0.264 e. The first-order valence-corrected chi connectivity index (χ1v) is 10.0. The second-order valence-electron chi connectivity index (χ2n) is 6.60. The van der Waals surface area contributed by atoms with Crippen LogP contribution < -0.4 is 4.31 Å². The molecule has 0 saturated heterocycles. The van der Waals surface area contributed by atoms with Gasteiger partial charge in [0.25, 0.3) is 10.0 Å². The lowest BCUT2D eigenvalue weighted by atomic mass is 10.1. The maximum atomic E-state index is 13.4. The van der Waals surface area contributed by atoms with Gasteiger partial charge < -0.3 is 0 Å². The summed E-state index contributed by atoms with van der Waals surface area (Å²) in [7, 11) is -3.66. The maximum absolute atomic E-state index is 13.4. The van der Waals surface area contributed by atoms with Crippen LogP contribution in [0.1, 0.15) is 22.3 Å². The molecule has 0 atom stereocenters. The average molecular weight is 365 g/mol. The van der Waals surface area contributed by atoms with E-state index >= 15 is 0 Å². The van der Waals surface area contributed by atoms with Crippen LogP contribution in [0.3, 0.4) is 0 Å². The van der Waals surface area contributed by atoms with Gasteiger partial charge in [-0.05, 0) is 50.1 Å². The van der Waals surface area contributed by atoms with Crippen LogP contribution in [0.5, 0.6) is 0 Å². The van der Waals surface area contributed by atoms with Crippen LogP contribution >= 0.6 is 0 Å². The normalized spacial score (nSPS) is 11.3. The van der Waals surface area contributed by atoms with Crippen molar-refractivity contribution in [1.82, 2.24) is 0 Å². The van der Waals surface area contributed by atoms with Crippen molar-refractivity contribution in [2.45, 2.75) is 32.2 Å². The second kappa shape index (κ2) is 7.34. The molecule has 26 heavy (non-hydrogen) atoms. The molecule has 4 heteroatoms. The van der Waals surface area contributed by atoms with Gasteiger partial charge in [0.15, 0.2) is 0 Å². The Morgan fingerprint density at radius 1 is 0.769 bits per heavy atom. The highest BCUT2D eigenvalue weighted by molar-refractivity contribution is 7.92. The minimum Gasteiger partial charge on any atom is -0.262 e. The molecule has 0 aromatic heterocycles. The monoisotopic (exact) mass is 365 g/mol. The van der Waals surface area contributed by atoms with Gasteiger partial charge in [-0.1, -0.05) is 65.7 Å². The van der Waals surface area contributed by atoms with Crippen molar-refractivity contribution in [1.29, 1.82) is 0 Å². The SMILES string of the molecule is Cc1ccc(CN(c2ccc(C)cc2C)S(=O)(=O)c2ccccc2)cc1. The third kappa shape index (κ3) is 3.81. The smallest absolute Gasteiger partial charge is 0.262 e. The number of anilines is 1. The van der Waals surface area contributed by atoms with Crippen molar-refractivity contribution in [3.8, 4) is 0 Å². The van der Waals surface area contributed by atoms with Crippen LogP contribution in [0.15, 0.2) is 77.7 Å². The number of nitrogens with zero attached hydrogens (tertiary/aromatic N) is 1. The molecule has 0 heterocycles. The molecule has 3 rings (SSSR count). The van der Waals surface area contributed by atoms with Gasteiger partial charge in [0.1, 0.15) is 0 Å². The molecule has 0 saturated carbocycles. The van der Waals surface area contributed by atoms with Crippen LogP contribution in [0.2, 0.25) is 0 Å². The summed E-state index contributed by atoms with van der Waals surface area (Å²) in [6.07, 6.45) is 0. The molecule has 134 valence electrons. The first-order chi connectivity index (χ1) is 12.4. The van der Waals surface area contributed by atoms with E-state index in [2.05, 4.69) is 0 Å².